The highest BCUT2D eigenvalue weighted by atomic mass is 16.3. The molecule has 4 heteroatoms. The zero-order valence-corrected chi connectivity index (χ0v) is 7.73. The van der Waals surface area contributed by atoms with Crippen LogP contribution in [-0.2, 0) is 18.3 Å². The fourth-order valence-corrected chi connectivity index (χ4v) is 1.12. The van der Waals surface area contributed by atoms with Crippen molar-refractivity contribution >= 4 is 5.78 Å². The van der Waals surface area contributed by atoms with E-state index in [0.29, 0.717) is 19.3 Å². The molecule has 0 bridgehead atoms. The van der Waals surface area contributed by atoms with Gasteiger partial charge in [0.2, 0.25) is 0 Å². The number of rotatable bonds is 5. The number of ketones is 1. The summed E-state index contributed by atoms with van der Waals surface area (Å²) in [5.74, 6) is 0.132. The van der Waals surface area contributed by atoms with Crippen LogP contribution < -0.4 is 0 Å². The Kier molecular flexibility index (Phi) is 3.64. The van der Waals surface area contributed by atoms with E-state index in [2.05, 4.69) is 5.10 Å². The van der Waals surface area contributed by atoms with E-state index in [1.54, 1.807) is 4.68 Å². The minimum absolute atomic E-state index is 0.0773. The largest absolute Gasteiger partial charge is 0.396 e. The number of aliphatic hydroxyl groups is 1. The summed E-state index contributed by atoms with van der Waals surface area (Å²) in [5, 5.41) is 12.6. The van der Waals surface area contributed by atoms with Crippen LogP contribution in [0.15, 0.2) is 12.3 Å². The summed E-state index contributed by atoms with van der Waals surface area (Å²) < 4.78 is 1.68. The van der Waals surface area contributed by atoms with Crippen LogP contribution in [0.2, 0.25) is 0 Å². The molecule has 72 valence electrons. The van der Waals surface area contributed by atoms with Crippen molar-refractivity contribution in [2.45, 2.75) is 19.3 Å². The first-order valence-corrected chi connectivity index (χ1v) is 4.33. The van der Waals surface area contributed by atoms with Gasteiger partial charge in [-0.15, -0.1) is 0 Å². The van der Waals surface area contributed by atoms with Crippen LogP contribution in [0, 0.1) is 0 Å². The molecule has 1 heterocycles. The molecular formula is C9H14N2O2. The SMILES string of the molecule is Cn1ccc(CC(=O)CCCO)n1. The predicted molar refractivity (Wildman–Crippen MR) is 48.2 cm³/mol. The summed E-state index contributed by atoms with van der Waals surface area (Å²) in [7, 11) is 1.82. The highest BCUT2D eigenvalue weighted by Gasteiger charge is 2.04. The number of nitrogens with zero attached hydrogens (tertiary/aromatic N) is 2. The molecule has 0 unspecified atom stereocenters. The maximum atomic E-state index is 11.2. The smallest absolute Gasteiger partial charge is 0.139 e. The summed E-state index contributed by atoms with van der Waals surface area (Å²) in [6, 6.07) is 1.83. The second-order valence-corrected chi connectivity index (χ2v) is 3.02. The third kappa shape index (κ3) is 3.38. The molecule has 13 heavy (non-hydrogen) atoms. The van der Waals surface area contributed by atoms with Gasteiger partial charge in [-0.05, 0) is 12.5 Å². The zero-order valence-electron chi connectivity index (χ0n) is 7.73. The first-order chi connectivity index (χ1) is 6.22. The Balaban J connectivity index is 2.36. The molecule has 0 radical (unpaired) electrons. The van der Waals surface area contributed by atoms with Crippen molar-refractivity contribution in [1.82, 2.24) is 9.78 Å². The molecule has 1 aromatic heterocycles. The number of hydrogen-bond donors (Lipinski definition) is 1. The van der Waals surface area contributed by atoms with Gasteiger partial charge in [0.25, 0.3) is 0 Å². The second kappa shape index (κ2) is 4.77. The fraction of sp³-hybridized carbons (Fsp3) is 0.556. The van der Waals surface area contributed by atoms with Gasteiger partial charge in [-0.1, -0.05) is 0 Å². The minimum Gasteiger partial charge on any atom is -0.396 e. The zero-order chi connectivity index (χ0) is 9.68. The lowest BCUT2D eigenvalue weighted by Gasteiger charge is -1.95. The van der Waals surface area contributed by atoms with Crippen LogP contribution >= 0.6 is 0 Å². The van der Waals surface area contributed by atoms with Crippen molar-refractivity contribution < 1.29 is 9.90 Å². The molecule has 0 saturated carbocycles. The third-order valence-corrected chi connectivity index (χ3v) is 1.76. The molecule has 1 aromatic rings. The molecule has 0 spiro atoms. The van der Waals surface area contributed by atoms with Gasteiger partial charge in [0.05, 0.1) is 12.1 Å². The van der Waals surface area contributed by atoms with Crippen molar-refractivity contribution in [3.05, 3.63) is 18.0 Å². The molecule has 0 aromatic carbocycles. The molecule has 1 N–H and O–H groups in total. The standard InChI is InChI=1S/C9H14N2O2/c1-11-5-4-8(10-11)7-9(13)3-2-6-12/h4-5,12H,2-3,6-7H2,1H3. The van der Waals surface area contributed by atoms with Gasteiger partial charge in [-0.25, -0.2) is 0 Å². The average Bonchev–Trinajstić information content (AvgIpc) is 2.48. The maximum Gasteiger partial charge on any atom is 0.139 e. The van der Waals surface area contributed by atoms with Crippen molar-refractivity contribution in [3.8, 4) is 0 Å². The average molecular weight is 182 g/mol. The summed E-state index contributed by atoms with van der Waals surface area (Å²) in [6.07, 6.45) is 3.17. The molecule has 4 nitrogen and oxygen atoms in total. The van der Waals surface area contributed by atoms with Crippen LogP contribution in [0.1, 0.15) is 18.5 Å². The Morgan fingerprint density at radius 1 is 1.69 bits per heavy atom. The van der Waals surface area contributed by atoms with E-state index in [1.807, 2.05) is 19.3 Å². The lowest BCUT2D eigenvalue weighted by atomic mass is 10.1. The number of carbonyl (C=O) groups excluding carboxylic acids is 1. The maximum absolute atomic E-state index is 11.2. The van der Waals surface area contributed by atoms with Crippen LogP contribution in [0.3, 0.4) is 0 Å². The molecule has 0 aliphatic rings. The van der Waals surface area contributed by atoms with Crippen molar-refractivity contribution in [2.24, 2.45) is 7.05 Å². The van der Waals surface area contributed by atoms with Crippen LogP contribution in [0.5, 0.6) is 0 Å². The lowest BCUT2D eigenvalue weighted by Crippen LogP contribution is -2.04. The number of hydrogen-bond acceptors (Lipinski definition) is 3. The van der Waals surface area contributed by atoms with Crippen molar-refractivity contribution in [3.63, 3.8) is 0 Å². The predicted octanol–water partition coefficient (Wildman–Crippen LogP) is 0.304. The summed E-state index contributed by atoms with van der Waals surface area (Å²) in [5.41, 5.74) is 0.797. The molecular weight excluding hydrogens is 168 g/mol. The summed E-state index contributed by atoms with van der Waals surface area (Å²) in [6.45, 7) is 0.0773. The monoisotopic (exact) mass is 182 g/mol. The Morgan fingerprint density at radius 3 is 3.00 bits per heavy atom. The highest BCUT2D eigenvalue weighted by Crippen LogP contribution is 2.00. The number of aliphatic hydroxyl groups excluding tert-OH is 1. The van der Waals surface area contributed by atoms with E-state index in [0.717, 1.165) is 5.69 Å². The number of Topliss-reactive ketones (excluding diaryl/α,β-unsaturated/α-hetero) is 1. The Labute approximate surface area is 77.2 Å². The molecule has 0 atom stereocenters. The Morgan fingerprint density at radius 2 is 2.46 bits per heavy atom. The van der Waals surface area contributed by atoms with E-state index < -0.39 is 0 Å². The van der Waals surface area contributed by atoms with Gasteiger partial charge in [0.1, 0.15) is 5.78 Å². The van der Waals surface area contributed by atoms with Crippen LogP contribution in [-0.4, -0.2) is 27.3 Å². The quantitative estimate of drug-likeness (QED) is 0.712. The number of aromatic nitrogens is 2. The molecule has 0 aliphatic carbocycles. The lowest BCUT2D eigenvalue weighted by molar-refractivity contribution is -0.118. The molecule has 0 aliphatic heterocycles. The third-order valence-electron chi connectivity index (χ3n) is 1.76. The van der Waals surface area contributed by atoms with Gasteiger partial charge >= 0.3 is 0 Å². The summed E-state index contributed by atoms with van der Waals surface area (Å²) in [4.78, 5) is 11.2. The molecule has 0 saturated heterocycles. The topological polar surface area (TPSA) is 55.1 Å². The number of aryl methyl sites for hydroxylation is 1. The Hall–Kier alpha value is -1.16. The van der Waals surface area contributed by atoms with Gasteiger partial charge < -0.3 is 5.11 Å². The highest BCUT2D eigenvalue weighted by molar-refractivity contribution is 5.80. The first-order valence-electron chi connectivity index (χ1n) is 4.33. The van der Waals surface area contributed by atoms with E-state index in [9.17, 15) is 4.79 Å². The van der Waals surface area contributed by atoms with E-state index in [4.69, 9.17) is 5.11 Å². The minimum atomic E-state index is 0.0773. The fourth-order valence-electron chi connectivity index (χ4n) is 1.12. The van der Waals surface area contributed by atoms with Crippen LogP contribution in [0.25, 0.3) is 0 Å². The van der Waals surface area contributed by atoms with E-state index >= 15 is 0 Å². The van der Waals surface area contributed by atoms with Gasteiger partial charge in [-0.2, -0.15) is 5.10 Å². The van der Waals surface area contributed by atoms with Crippen molar-refractivity contribution in [2.75, 3.05) is 6.61 Å². The van der Waals surface area contributed by atoms with E-state index in [1.165, 1.54) is 0 Å². The second-order valence-electron chi connectivity index (χ2n) is 3.02. The molecule has 1 rings (SSSR count). The van der Waals surface area contributed by atoms with E-state index in [-0.39, 0.29) is 12.4 Å². The molecule has 0 fully saturated rings. The first kappa shape index (κ1) is 9.92. The Bertz CT molecular complexity index is 281. The number of carbonyl (C=O) groups is 1. The van der Waals surface area contributed by atoms with Gasteiger partial charge in [-0.3, -0.25) is 9.48 Å². The van der Waals surface area contributed by atoms with Crippen LogP contribution in [0.4, 0.5) is 0 Å². The molecule has 0 amide bonds. The van der Waals surface area contributed by atoms with Gasteiger partial charge in [0.15, 0.2) is 0 Å². The normalized spacial score (nSPS) is 10.3. The van der Waals surface area contributed by atoms with Gasteiger partial charge in [0, 0.05) is 26.3 Å². The van der Waals surface area contributed by atoms with Crippen molar-refractivity contribution in [1.29, 1.82) is 0 Å². The summed E-state index contributed by atoms with van der Waals surface area (Å²) >= 11 is 0.